The van der Waals surface area contributed by atoms with E-state index in [1.54, 1.807) is 0 Å². The lowest BCUT2D eigenvalue weighted by Crippen LogP contribution is -2.43. The van der Waals surface area contributed by atoms with E-state index in [0.717, 1.165) is 50.1 Å². The van der Waals surface area contributed by atoms with Gasteiger partial charge >= 0.3 is 6.18 Å². The predicted molar refractivity (Wildman–Crippen MR) is 72.3 cm³/mol. The van der Waals surface area contributed by atoms with Crippen LogP contribution in [0.25, 0.3) is 0 Å². The molecule has 118 valence electrons. The summed E-state index contributed by atoms with van der Waals surface area (Å²) >= 11 is 0. The number of alkyl halides is 3. The fourth-order valence-electron chi connectivity index (χ4n) is 2.21. The molecule has 8 heteroatoms. The molecule has 0 aliphatic carbocycles. The van der Waals surface area contributed by atoms with Crippen molar-refractivity contribution >= 4 is 10.0 Å². The van der Waals surface area contributed by atoms with Crippen molar-refractivity contribution in [1.82, 2.24) is 10.0 Å². The van der Waals surface area contributed by atoms with Gasteiger partial charge in [-0.2, -0.15) is 13.2 Å². The van der Waals surface area contributed by atoms with Gasteiger partial charge in [0.05, 0.1) is 10.5 Å². The summed E-state index contributed by atoms with van der Waals surface area (Å²) in [5.41, 5.74) is -0.865. The van der Waals surface area contributed by atoms with E-state index in [-0.39, 0.29) is 17.5 Å². The highest BCUT2D eigenvalue weighted by atomic mass is 32.2. The number of benzene rings is 1. The number of rotatable bonds is 4. The fraction of sp³-hybridized carbons (Fsp3) is 0.538. The number of sulfonamides is 1. The first-order valence-electron chi connectivity index (χ1n) is 6.69. The van der Waals surface area contributed by atoms with Gasteiger partial charge < -0.3 is 5.32 Å². The molecule has 0 aromatic heterocycles. The van der Waals surface area contributed by atoms with Gasteiger partial charge in [0.2, 0.25) is 10.0 Å². The van der Waals surface area contributed by atoms with E-state index in [4.69, 9.17) is 0 Å². The third-order valence-electron chi connectivity index (χ3n) is 3.42. The van der Waals surface area contributed by atoms with Crippen molar-refractivity contribution in [3.63, 3.8) is 0 Å². The molecule has 1 aliphatic heterocycles. The van der Waals surface area contributed by atoms with Gasteiger partial charge in [-0.05, 0) is 43.7 Å². The van der Waals surface area contributed by atoms with Crippen molar-refractivity contribution in [2.24, 2.45) is 0 Å². The second kappa shape index (κ2) is 6.33. The Morgan fingerprint density at radius 2 is 1.86 bits per heavy atom. The Kier molecular flexibility index (Phi) is 4.90. The first-order chi connectivity index (χ1) is 9.79. The van der Waals surface area contributed by atoms with Crippen molar-refractivity contribution in [3.05, 3.63) is 29.8 Å². The monoisotopic (exact) mass is 322 g/mol. The van der Waals surface area contributed by atoms with Crippen LogP contribution in [0.15, 0.2) is 29.2 Å². The Bertz CT molecular complexity index is 564. The summed E-state index contributed by atoms with van der Waals surface area (Å²) in [6.45, 7) is 1.09. The van der Waals surface area contributed by atoms with Crippen LogP contribution in [0.4, 0.5) is 13.2 Å². The molecule has 1 aromatic carbocycles. The van der Waals surface area contributed by atoms with Gasteiger partial charge in [-0.1, -0.05) is 6.42 Å². The minimum Gasteiger partial charge on any atom is -0.313 e. The average molecular weight is 322 g/mol. The van der Waals surface area contributed by atoms with E-state index in [9.17, 15) is 21.6 Å². The first-order valence-corrected chi connectivity index (χ1v) is 8.18. The minimum atomic E-state index is -4.47. The van der Waals surface area contributed by atoms with Crippen LogP contribution >= 0.6 is 0 Å². The van der Waals surface area contributed by atoms with Crippen molar-refractivity contribution in [2.45, 2.75) is 36.4 Å². The quantitative estimate of drug-likeness (QED) is 0.893. The molecular weight excluding hydrogens is 305 g/mol. The number of hydrogen-bond acceptors (Lipinski definition) is 3. The standard InChI is InChI=1S/C13H17F3N2O2S/c14-13(15,16)10-4-6-12(7-5-10)21(19,20)18-9-11-3-1-2-8-17-11/h4-7,11,17-18H,1-3,8-9H2. The summed E-state index contributed by atoms with van der Waals surface area (Å²) in [7, 11) is -3.78. The molecule has 1 aliphatic rings. The molecule has 0 saturated carbocycles. The normalized spacial score (nSPS) is 20.4. The van der Waals surface area contributed by atoms with Crippen molar-refractivity contribution in [1.29, 1.82) is 0 Å². The van der Waals surface area contributed by atoms with Crippen molar-refractivity contribution < 1.29 is 21.6 Å². The van der Waals surface area contributed by atoms with Gasteiger partial charge in [-0.15, -0.1) is 0 Å². The van der Waals surface area contributed by atoms with E-state index in [2.05, 4.69) is 10.0 Å². The molecule has 1 atom stereocenters. The molecule has 0 bridgehead atoms. The Morgan fingerprint density at radius 1 is 1.19 bits per heavy atom. The average Bonchev–Trinajstić information content (AvgIpc) is 2.46. The molecule has 0 amide bonds. The maximum absolute atomic E-state index is 12.4. The second-order valence-corrected chi connectivity index (χ2v) is 6.79. The molecule has 4 nitrogen and oxygen atoms in total. The number of nitrogens with one attached hydrogen (secondary N) is 2. The lowest BCUT2D eigenvalue weighted by atomic mass is 10.1. The Morgan fingerprint density at radius 3 is 2.38 bits per heavy atom. The van der Waals surface area contributed by atoms with Gasteiger partial charge in [-0.3, -0.25) is 0 Å². The van der Waals surface area contributed by atoms with E-state index >= 15 is 0 Å². The third-order valence-corrected chi connectivity index (χ3v) is 4.86. The van der Waals surface area contributed by atoms with Crippen LogP contribution in [-0.2, 0) is 16.2 Å². The zero-order valence-corrected chi connectivity index (χ0v) is 12.1. The zero-order valence-electron chi connectivity index (χ0n) is 11.3. The molecule has 1 fully saturated rings. The van der Waals surface area contributed by atoms with E-state index in [1.807, 2.05) is 0 Å². The highest BCUT2D eigenvalue weighted by Gasteiger charge is 2.30. The maximum Gasteiger partial charge on any atom is 0.416 e. The van der Waals surface area contributed by atoms with Gasteiger partial charge in [0, 0.05) is 12.6 Å². The summed E-state index contributed by atoms with van der Waals surface area (Å²) in [5.74, 6) is 0. The zero-order chi connectivity index (χ0) is 15.5. The molecule has 1 heterocycles. The van der Waals surface area contributed by atoms with Gasteiger partial charge in [0.1, 0.15) is 0 Å². The largest absolute Gasteiger partial charge is 0.416 e. The van der Waals surface area contributed by atoms with E-state index < -0.39 is 21.8 Å². The molecule has 0 radical (unpaired) electrons. The molecule has 1 saturated heterocycles. The van der Waals surface area contributed by atoms with Gasteiger partial charge in [0.15, 0.2) is 0 Å². The van der Waals surface area contributed by atoms with Crippen LogP contribution in [0.1, 0.15) is 24.8 Å². The molecule has 0 spiro atoms. The summed E-state index contributed by atoms with van der Waals surface area (Å²) < 4.78 is 63.8. The van der Waals surface area contributed by atoms with Crippen LogP contribution in [0.2, 0.25) is 0 Å². The SMILES string of the molecule is O=S(=O)(NCC1CCCCN1)c1ccc(C(F)(F)F)cc1. The Labute approximate surface area is 121 Å². The predicted octanol–water partition coefficient (Wildman–Crippen LogP) is 2.13. The summed E-state index contributed by atoms with van der Waals surface area (Å²) in [6, 6.07) is 3.56. The lowest BCUT2D eigenvalue weighted by molar-refractivity contribution is -0.137. The maximum atomic E-state index is 12.4. The summed E-state index contributed by atoms with van der Waals surface area (Å²) in [4.78, 5) is -0.161. The molecule has 1 unspecified atom stereocenters. The van der Waals surface area contributed by atoms with Crippen LogP contribution in [-0.4, -0.2) is 27.5 Å². The molecule has 1 aromatic rings. The molecule has 2 rings (SSSR count). The highest BCUT2D eigenvalue weighted by molar-refractivity contribution is 7.89. The molecule has 2 N–H and O–H groups in total. The summed E-state index contributed by atoms with van der Waals surface area (Å²) in [5, 5.41) is 3.20. The minimum absolute atomic E-state index is 0.0722. The Balaban J connectivity index is 2.01. The van der Waals surface area contributed by atoms with Crippen molar-refractivity contribution in [2.75, 3.05) is 13.1 Å². The van der Waals surface area contributed by atoms with Crippen LogP contribution in [0.5, 0.6) is 0 Å². The first kappa shape index (κ1) is 16.3. The molecular formula is C13H17F3N2O2S. The van der Waals surface area contributed by atoms with Crippen LogP contribution in [0, 0.1) is 0 Å². The second-order valence-electron chi connectivity index (χ2n) is 5.02. The van der Waals surface area contributed by atoms with Gasteiger partial charge in [0.25, 0.3) is 0 Å². The Hall–Kier alpha value is -1.12. The van der Waals surface area contributed by atoms with Crippen LogP contribution in [0.3, 0.4) is 0 Å². The smallest absolute Gasteiger partial charge is 0.313 e. The number of hydrogen-bond donors (Lipinski definition) is 2. The van der Waals surface area contributed by atoms with E-state index in [1.165, 1.54) is 0 Å². The summed E-state index contributed by atoms with van der Waals surface area (Å²) in [6.07, 6.45) is -1.47. The third kappa shape index (κ3) is 4.42. The highest BCUT2D eigenvalue weighted by Crippen LogP contribution is 2.29. The number of piperidine rings is 1. The molecule has 21 heavy (non-hydrogen) atoms. The van der Waals surface area contributed by atoms with Crippen LogP contribution < -0.4 is 10.0 Å². The van der Waals surface area contributed by atoms with Crippen molar-refractivity contribution in [3.8, 4) is 0 Å². The van der Waals surface area contributed by atoms with E-state index in [0.29, 0.717) is 0 Å². The number of halogens is 3. The van der Waals surface area contributed by atoms with Gasteiger partial charge in [-0.25, -0.2) is 13.1 Å². The lowest BCUT2D eigenvalue weighted by Gasteiger charge is -2.23. The fourth-order valence-corrected chi connectivity index (χ4v) is 3.30. The topological polar surface area (TPSA) is 58.2 Å².